The second-order valence-corrected chi connectivity index (χ2v) is 6.40. The Bertz CT molecular complexity index is 616. The van der Waals surface area contributed by atoms with Crippen LogP contribution >= 0.6 is 0 Å². The molecule has 2 rings (SSSR count). The highest BCUT2D eigenvalue weighted by atomic mass is 16.6. The number of hydrogen-bond acceptors (Lipinski definition) is 5. The van der Waals surface area contributed by atoms with E-state index in [1.807, 2.05) is 20.8 Å². The molecule has 1 amide bonds. The molecule has 6 nitrogen and oxygen atoms in total. The van der Waals surface area contributed by atoms with E-state index in [1.54, 1.807) is 23.1 Å². The van der Waals surface area contributed by atoms with Crippen molar-refractivity contribution in [3.8, 4) is 17.6 Å². The number of likely N-dealkylation sites (tertiary alicyclic amines) is 1. The third-order valence-electron chi connectivity index (χ3n) is 3.40. The minimum absolute atomic E-state index is 0.189. The maximum Gasteiger partial charge on any atom is 0.410 e. The van der Waals surface area contributed by atoms with Gasteiger partial charge in [0.2, 0.25) is 0 Å². The Morgan fingerprint density at radius 3 is 2.74 bits per heavy atom. The Morgan fingerprint density at radius 1 is 1.39 bits per heavy atom. The van der Waals surface area contributed by atoms with Crippen LogP contribution in [0.25, 0.3) is 0 Å². The largest absolute Gasteiger partial charge is 0.493 e. The Labute approximate surface area is 136 Å². The standard InChI is InChI=1S/C17H22N2O4/c1-17(2,3)23-16(20)19-9-8-13(11-19)22-15-12(10-18)6-5-7-14(15)21-4/h5-7,13H,8-9,11H2,1-4H3. The summed E-state index contributed by atoms with van der Waals surface area (Å²) in [6, 6.07) is 7.27. The molecule has 0 saturated carbocycles. The van der Waals surface area contributed by atoms with Crippen molar-refractivity contribution in [3.05, 3.63) is 23.8 Å². The first kappa shape index (κ1) is 16.9. The third kappa shape index (κ3) is 4.28. The van der Waals surface area contributed by atoms with Crippen LogP contribution in [0.2, 0.25) is 0 Å². The first-order valence-corrected chi connectivity index (χ1v) is 7.55. The summed E-state index contributed by atoms with van der Waals surface area (Å²) in [4.78, 5) is 13.7. The molecule has 1 aliphatic heterocycles. The van der Waals surface area contributed by atoms with Crippen LogP contribution < -0.4 is 9.47 Å². The lowest BCUT2D eigenvalue weighted by atomic mass is 10.2. The number of hydrogen-bond donors (Lipinski definition) is 0. The van der Waals surface area contributed by atoms with Crippen LogP contribution in [0, 0.1) is 11.3 Å². The van der Waals surface area contributed by atoms with E-state index in [0.717, 1.165) is 0 Å². The summed E-state index contributed by atoms with van der Waals surface area (Å²) in [6.07, 6.45) is 0.150. The number of amides is 1. The molecule has 23 heavy (non-hydrogen) atoms. The van der Waals surface area contributed by atoms with E-state index >= 15 is 0 Å². The zero-order valence-corrected chi connectivity index (χ0v) is 14.0. The number of carbonyl (C=O) groups is 1. The molecule has 1 fully saturated rings. The number of methoxy groups -OCH3 is 1. The molecule has 0 aromatic heterocycles. The summed E-state index contributed by atoms with van der Waals surface area (Å²) in [5, 5.41) is 9.21. The maximum atomic E-state index is 12.1. The van der Waals surface area contributed by atoms with Crippen LogP contribution in [-0.4, -0.2) is 42.9 Å². The smallest absolute Gasteiger partial charge is 0.410 e. The fourth-order valence-corrected chi connectivity index (χ4v) is 2.37. The average molecular weight is 318 g/mol. The van der Waals surface area contributed by atoms with Crippen molar-refractivity contribution < 1.29 is 19.0 Å². The van der Waals surface area contributed by atoms with Gasteiger partial charge in [0.05, 0.1) is 19.2 Å². The molecule has 1 atom stereocenters. The molecule has 0 aliphatic carbocycles. The molecule has 0 N–H and O–H groups in total. The fourth-order valence-electron chi connectivity index (χ4n) is 2.37. The molecule has 1 aromatic carbocycles. The number of rotatable bonds is 3. The van der Waals surface area contributed by atoms with Crippen LogP contribution in [0.1, 0.15) is 32.8 Å². The van der Waals surface area contributed by atoms with E-state index in [-0.39, 0.29) is 12.2 Å². The van der Waals surface area contributed by atoms with Crippen molar-refractivity contribution in [2.75, 3.05) is 20.2 Å². The second kappa shape index (κ2) is 6.78. The van der Waals surface area contributed by atoms with Crippen LogP contribution in [0.5, 0.6) is 11.5 Å². The van der Waals surface area contributed by atoms with Gasteiger partial charge in [0.15, 0.2) is 11.5 Å². The van der Waals surface area contributed by atoms with Gasteiger partial charge in [-0.15, -0.1) is 0 Å². The van der Waals surface area contributed by atoms with Crippen molar-refractivity contribution in [2.24, 2.45) is 0 Å². The quantitative estimate of drug-likeness (QED) is 0.857. The van der Waals surface area contributed by atoms with Gasteiger partial charge in [0, 0.05) is 13.0 Å². The van der Waals surface area contributed by atoms with Gasteiger partial charge in [-0.2, -0.15) is 5.26 Å². The van der Waals surface area contributed by atoms with Crippen LogP contribution in [0.15, 0.2) is 18.2 Å². The Kier molecular flexibility index (Phi) is 4.99. The Balaban J connectivity index is 2.04. The predicted molar refractivity (Wildman–Crippen MR) is 84.5 cm³/mol. The molecule has 1 aliphatic rings. The molecule has 0 spiro atoms. The van der Waals surface area contributed by atoms with Crippen LogP contribution in [0.3, 0.4) is 0 Å². The lowest BCUT2D eigenvalue weighted by Gasteiger charge is -2.24. The van der Waals surface area contributed by atoms with E-state index in [0.29, 0.717) is 36.6 Å². The highest BCUT2D eigenvalue weighted by molar-refractivity contribution is 5.68. The van der Waals surface area contributed by atoms with Crippen molar-refractivity contribution in [1.29, 1.82) is 5.26 Å². The van der Waals surface area contributed by atoms with Gasteiger partial charge in [0.1, 0.15) is 17.8 Å². The molecule has 1 unspecified atom stereocenters. The lowest BCUT2D eigenvalue weighted by Crippen LogP contribution is -2.36. The van der Waals surface area contributed by atoms with Crippen molar-refractivity contribution in [3.63, 3.8) is 0 Å². The number of ether oxygens (including phenoxy) is 3. The van der Waals surface area contributed by atoms with E-state index in [1.165, 1.54) is 7.11 Å². The van der Waals surface area contributed by atoms with Crippen molar-refractivity contribution >= 4 is 6.09 Å². The zero-order valence-electron chi connectivity index (χ0n) is 14.0. The molecule has 0 bridgehead atoms. The van der Waals surface area contributed by atoms with Crippen LogP contribution in [-0.2, 0) is 4.74 Å². The van der Waals surface area contributed by atoms with E-state index in [9.17, 15) is 10.1 Å². The summed E-state index contributed by atoms with van der Waals surface area (Å²) in [5.41, 5.74) is -0.104. The average Bonchev–Trinajstić information content (AvgIpc) is 2.94. The van der Waals surface area contributed by atoms with Gasteiger partial charge in [-0.1, -0.05) is 6.07 Å². The van der Waals surface area contributed by atoms with Gasteiger partial charge in [-0.3, -0.25) is 0 Å². The number of benzene rings is 1. The minimum Gasteiger partial charge on any atom is -0.493 e. The number of nitriles is 1. The number of para-hydroxylation sites is 1. The van der Waals surface area contributed by atoms with Gasteiger partial charge in [-0.05, 0) is 32.9 Å². The molecule has 0 radical (unpaired) electrons. The first-order valence-electron chi connectivity index (χ1n) is 7.55. The van der Waals surface area contributed by atoms with Crippen LogP contribution in [0.4, 0.5) is 4.79 Å². The topological polar surface area (TPSA) is 71.8 Å². The van der Waals surface area contributed by atoms with E-state index in [2.05, 4.69) is 6.07 Å². The van der Waals surface area contributed by atoms with E-state index in [4.69, 9.17) is 14.2 Å². The minimum atomic E-state index is -0.521. The lowest BCUT2D eigenvalue weighted by molar-refractivity contribution is 0.0275. The van der Waals surface area contributed by atoms with Gasteiger partial charge in [-0.25, -0.2) is 4.79 Å². The summed E-state index contributed by atoms with van der Waals surface area (Å²) in [7, 11) is 1.53. The molecule has 1 heterocycles. The monoisotopic (exact) mass is 318 g/mol. The number of nitrogens with zero attached hydrogens (tertiary/aromatic N) is 2. The SMILES string of the molecule is COc1cccc(C#N)c1OC1CCN(C(=O)OC(C)(C)C)C1. The molecule has 6 heteroatoms. The molecule has 124 valence electrons. The Morgan fingerprint density at radius 2 is 2.13 bits per heavy atom. The number of carbonyl (C=O) groups excluding carboxylic acids is 1. The van der Waals surface area contributed by atoms with Crippen molar-refractivity contribution in [1.82, 2.24) is 4.90 Å². The Hall–Kier alpha value is -2.42. The summed E-state index contributed by atoms with van der Waals surface area (Å²) < 4.78 is 16.6. The highest BCUT2D eigenvalue weighted by Gasteiger charge is 2.31. The molecule has 1 aromatic rings. The maximum absolute atomic E-state index is 12.1. The predicted octanol–water partition coefficient (Wildman–Crippen LogP) is 2.96. The highest BCUT2D eigenvalue weighted by Crippen LogP contribution is 2.32. The van der Waals surface area contributed by atoms with Gasteiger partial charge in [0.25, 0.3) is 0 Å². The molecule has 1 saturated heterocycles. The second-order valence-electron chi connectivity index (χ2n) is 6.40. The van der Waals surface area contributed by atoms with Gasteiger partial charge < -0.3 is 19.1 Å². The summed E-state index contributed by atoms with van der Waals surface area (Å²) >= 11 is 0. The summed E-state index contributed by atoms with van der Waals surface area (Å²) in [6.45, 7) is 6.50. The molecular weight excluding hydrogens is 296 g/mol. The fraction of sp³-hybridized carbons (Fsp3) is 0.529. The normalized spacial score (nSPS) is 17.5. The zero-order chi connectivity index (χ0) is 17.0. The van der Waals surface area contributed by atoms with Gasteiger partial charge >= 0.3 is 6.09 Å². The summed E-state index contributed by atoms with van der Waals surface area (Å²) in [5.74, 6) is 0.938. The van der Waals surface area contributed by atoms with Crippen molar-refractivity contribution in [2.45, 2.75) is 38.9 Å². The third-order valence-corrected chi connectivity index (χ3v) is 3.40. The van der Waals surface area contributed by atoms with E-state index < -0.39 is 5.60 Å². The first-order chi connectivity index (χ1) is 10.8. The molecular formula is C17H22N2O4.